The fourth-order valence-electron chi connectivity index (χ4n) is 4.75. The highest BCUT2D eigenvalue weighted by atomic mass is 19.4. The molecule has 1 aromatic carbocycles. The summed E-state index contributed by atoms with van der Waals surface area (Å²) < 4.78 is 73.9. The van der Waals surface area contributed by atoms with Crippen molar-refractivity contribution < 1.29 is 41.1 Å². The van der Waals surface area contributed by atoms with E-state index in [1.54, 1.807) is 18.2 Å². The van der Waals surface area contributed by atoms with Crippen LogP contribution in [-0.4, -0.2) is 75.9 Å². The van der Waals surface area contributed by atoms with Gasteiger partial charge in [0, 0.05) is 49.5 Å². The first-order valence-corrected chi connectivity index (χ1v) is 12.9. The number of hydrazone groups is 1. The first-order valence-electron chi connectivity index (χ1n) is 12.9. The van der Waals surface area contributed by atoms with Gasteiger partial charge in [0.2, 0.25) is 11.8 Å². The van der Waals surface area contributed by atoms with Gasteiger partial charge in [0.1, 0.15) is 23.1 Å². The van der Waals surface area contributed by atoms with Gasteiger partial charge < -0.3 is 20.7 Å². The molecule has 2 atom stereocenters. The van der Waals surface area contributed by atoms with Gasteiger partial charge in [-0.25, -0.2) is 8.78 Å². The molecule has 2 aliphatic heterocycles. The Morgan fingerprint density at radius 2 is 1.86 bits per heavy atom. The van der Waals surface area contributed by atoms with Crippen LogP contribution in [-0.2, 0) is 32.1 Å². The molecule has 3 heterocycles. The van der Waals surface area contributed by atoms with E-state index >= 15 is 0 Å². The number of carbonyl (C=O) groups excluding carboxylic acids is 3. The highest BCUT2D eigenvalue weighted by molar-refractivity contribution is 6.14. The number of nitrogens with two attached hydrogens (primary N) is 1. The van der Waals surface area contributed by atoms with Crippen molar-refractivity contribution >= 4 is 23.4 Å². The van der Waals surface area contributed by atoms with Gasteiger partial charge in [-0.15, -0.1) is 18.2 Å². The van der Waals surface area contributed by atoms with Crippen molar-refractivity contribution in [1.29, 1.82) is 0 Å². The largest absolute Gasteiger partial charge is 0.507 e. The number of alkyl halides is 3. The van der Waals surface area contributed by atoms with Gasteiger partial charge in [0.05, 0.1) is 24.5 Å². The maximum absolute atomic E-state index is 14.1. The minimum absolute atomic E-state index is 0. The predicted molar refractivity (Wildman–Crippen MR) is 152 cm³/mol. The van der Waals surface area contributed by atoms with Crippen molar-refractivity contribution in [2.24, 2.45) is 16.3 Å². The molecule has 15 heteroatoms. The average Bonchev–Trinajstić information content (AvgIpc) is 3.20. The number of hydrogen-bond donors (Lipinski definition) is 2. The molecule has 242 valence electrons. The van der Waals surface area contributed by atoms with Crippen molar-refractivity contribution in [3.05, 3.63) is 65.5 Å². The van der Waals surface area contributed by atoms with Crippen molar-refractivity contribution in [3.63, 3.8) is 0 Å². The number of likely N-dealkylation sites (tertiary alicyclic amines) is 1. The lowest BCUT2D eigenvalue weighted by Gasteiger charge is -2.40. The van der Waals surface area contributed by atoms with Crippen molar-refractivity contribution in [2.45, 2.75) is 66.0 Å². The number of pyridine rings is 1. The van der Waals surface area contributed by atoms with E-state index in [2.05, 4.69) is 15.4 Å². The number of ether oxygens (including phenoxy) is 1. The van der Waals surface area contributed by atoms with Crippen LogP contribution >= 0.6 is 0 Å². The molecule has 0 radical (unpaired) electrons. The second-order valence-corrected chi connectivity index (χ2v) is 10.7. The zero-order chi connectivity index (χ0) is 30.9. The molecule has 3 amide bonds. The number of aromatic nitrogens is 1. The van der Waals surface area contributed by atoms with Gasteiger partial charge in [-0.1, -0.05) is 27.0 Å². The Kier molecular flexibility index (Phi) is 11.3. The van der Waals surface area contributed by atoms with Gasteiger partial charge in [0.25, 0.3) is 5.91 Å². The molecule has 10 nitrogen and oxygen atoms in total. The number of benzene rings is 1. The molecule has 1 fully saturated rings. The molecule has 0 saturated carbocycles. The zero-order valence-electron chi connectivity index (χ0n) is 22.8. The van der Waals surface area contributed by atoms with Crippen LogP contribution < -0.4 is 11.1 Å². The third-order valence-electron chi connectivity index (χ3n) is 6.96. The molecule has 0 bridgehead atoms. The monoisotopic (exact) mass is 628 g/mol. The summed E-state index contributed by atoms with van der Waals surface area (Å²) in [7, 11) is 0. The van der Waals surface area contributed by atoms with Gasteiger partial charge >= 0.3 is 6.30 Å². The van der Waals surface area contributed by atoms with Crippen LogP contribution in [0.2, 0.25) is 0 Å². The van der Waals surface area contributed by atoms with E-state index in [1.165, 1.54) is 20.0 Å². The van der Waals surface area contributed by atoms with Crippen LogP contribution in [0.25, 0.3) is 0 Å². The quantitative estimate of drug-likeness (QED) is 0.323. The molecule has 4 rings (SSSR count). The number of hydrogen-bond acceptors (Lipinski definition) is 7. The van der Waals surface area contributed by atoms with Crippen molar-refractivity contribution in [2.75, 3.05) is 19.7 Å². The van der Waals surface area contributed by atoms with E-state index in [-0.39, 0.29) is 52.1 Å². The van der Waals surface area contributed by atoms with E-state index < -0.39 is 70.8 Å². The maximum Gasteiger partial charge on any atom is 0.507 e. The van der Waals surface area contributed by atoms with E-state index in [4.69, 9.17) is 10.5 Å². The van der Waals surface area contributed by atoms with Gasteiger partial charge in [-0.05, 0) is 32.0 Å². The molecule has 0 spiro atoms. The van der Waals surface area contributed by atoms with Crippen LogP contribution in [0, 0.1) is 17.0 Å². The summed E-state index contributed by atoms with van der Waals surface area (Å²) in [6, 6.07) is 6.22. The molecule has 1 saturated heterocycles. The van der Waals surface area contributed by atoms with Gasteiger partial charge in [-0.3, -0.25) is 19.4 Å². The molecular formula is C29H37F5N6O4. The first-order chi connectivity index (χ1) is 19.6. The lowest BCUT2D eigenvalue weighted by Crippen LogP contribution is -2.62. The van der Waals surface area contributed by atoms with Crippen LogP contribution in [0.4, 0.5) is 22.0 Å². The minimum atomic E-state index is -5.08. The van der Waals surface area contributed by atoms with E-state index in [9.17, 15) is 36.3 Å². The second kappa shape index (κ2) is 13.8. The summed E-state index contributed by atoms with van der Waals surface area (Å²) in [6.07, 6.45) is -4.06. The number of amides is 3. The third-order valence-corrected chi connectivity index (χ3v) is 6.96. The lowest BCUT2D eigenvalue weighted by atomic mass is 9.74. The summed E-state index contributed by atoms with van der Waals surface area (Å²) in [4.78, 5) is 45.1. The number of nitrogens with one attached hydrogen (secondary N) is 1. The van der Waals surface area contributed by atoms with E-state index in [0.717, 1.165) is 17.0 Å². The topological polar surface area (TPSA) is 130 Å². The summed E-state index contributed by atoms with van der Waals surface area (Å²) in [5.74, 6) is -4.51. The van der Waals surface area contributed by atoms with E-state index in [0.29, 0.717) is 11.8 Å². The Hall–Kier alpha value is -3.98. The number of carbonyl (C=O) groups is 3. The molecular weight excluding hydrogens is 591 g/mol. The number of piperidine rings is 1. The zero-order valence-corrected chi connectivity index (χ0v) is 22.8. The summed E-state index contributed by atoms with van der Waals surface area (Å²) in [6.45, 7) is 1.35. The number of nitrogens with zero attached hydrogens (tertiary/aromatic N) is 4. The highest BCUT2D eigenvalue weighted by Crippen LogP contribution is 2.42. The molecule has 0 aliphatic carbocycles. The molecule has 1 aromatic heterocycles. The SMILES string of the molecule is C.C.CC(C)(N)C(=O)NC(COCc1ccc(F)cc1F)C(=O)N1CCC2=NN(C(F)(F)F)C(=O)[C@]2(Cc2ccccn2)C1. The molecule has 1 unspecified atom stereocenters. The fourth-order valence-corrected chi connectivity index (χ4v) is 4.75. The smallest absolute Gasteiger partial charge is 0.374 e. The van der Waals surface area contributed by atoms with Crippen molar-refractivity contribution in [3.8, 4) is 0 Å². The Morgan fingerprint density at radius 1 is 1.16 bits per heavy atom. The fraction of sp³-hybridized carbons (Fsp3) is 0.483. The van der Waals surface area contributed by atoms with Crippen LogP contribution in [0.3, 0.4) is 0 Å². The first kappa shape index (κ1) is 36.2. The lowest BCUT2D eigenvalue weighted by molar-refractivity contribution is -0.241. The Bertz CT molecular complexity index is 1380. The van der Waals surface area contributed by atoms with Crippen LogP contribution in [0.1, 0.15) is 46.4 Å². The van der Waals surface area contributed by atoms with Crippen LogP contribution in [0.5, 0.6) is 0 Å². The molecule has 3 N–H and O–H groups in total. The molecule has 44 heavy (non-hydrogen) atoms. The van der Waals surface area contributed by atoms with Gasteiger partial charge in [-0.2, -0.15) is 5.10 Å². The van der Waals surface area contributed by atoms with Crippen LogP contribution in [0.15, 0.2) is 47.7 Å². The van der Waals surface area contributed by atoms with Gasteiger partial charge in [0.15, 0.2) is 0 Å². The Balaban J connectivity index is 0.00000337. The maximum atomic E-state index is 14.1. The second-order valence-electron chi connectivity index (χ2n) is 10.7. The van der Waals surface area contributed by atoms with E-state index in [1.807, 2.05) is 0 Å². The standard InChI is InChI=1S/C27H29F5N6O4.2CH4/c1-25(2,33)23(40)35-20(14-42-13-16-6-7-17(28)11-19(16)29)22(39)37-10-8-21-26(15-37,12-18-5-3-4-9-34-18)24(41)38(36-21)27(30,31)32;;/h3-7,9,11,20H,8,10,12-15,33H2,1-2H3,(H,35,40);2*1H4/t20?,26-;;/m1../s1. The molecule has 2 aliphatic rings. The normalized spacial score (nSPS) is 18.9. The summed E-state index contributed by atoms with van der Waals surface area (Å²) in [5, 5.41) is 5.54. The third kappa shape index (κ3) is 7.75. The number of rotatable bonds is 9. The number of fused-ring (bicyclic) bond motifs is 1. The number of halogens is 5. The summed E-state index contributed by atoms with van der Waals surface area (Å²) in [5.41, 5.74) is 2.87. The predicted octanol–water partition coefficient (Wildman–Crippen LogP) is 3.55. The average molecular weight is 629 g/mol. The Labute approximate surface area is 252 Å². The molecule has 2 aromatic rings. The summed E-state index contributed by atoms with van der Waals surface area (Å²) >= 11 is 0. The minimum Gasteiger partial charge on any atom is -0.374 e. The van der Waals surface area contributed by atoms with Crippen molar-refractivity contribution in [1.82, 2.24) is 20.2 Å². The Morgan fingerprint density at radius 3 is 2.45 bits per heavy atom. The highest BCUT2D eigenvalue weighted by Gasteiger charge is 2.60.